The highest BCUT2D eigenvalue weighted by molar-refractivity contribution is 6.34. The predicted octanol–water partition coefficient (Wildman–Crippen LogP) is 3.57. The highest BCUT2D eigenvalue weighted by Gasteiger charge is 2.38. The lowest BCUT2D eigenvalue weighted by atomic mass is 10.1. The van der Waals surface area contributed by atoms with E-state index in [9.17, 15) is 27.2 Å². The van der Waals surface area contributed by atoms with Gasteiger partial charge in [-0.25, -0.2) is 9.29 Å². The Morgan fingerprint density at radius 2 is 1.54 bits per heavy atom. The van der Waals surface area contributed by atoms with Gasteiger partial charge in [-0.1, -0.05) is 12.1 Å². The maximum absolute atomic E-state index is 13.5. The normalized spacial score (nSPS) is 14.1. The second kappa shape index (κ2) is 5.63. The predicted molar refractivity (Wildman–Crippen MR) is 75.5 cm³/mol. The summed E-state index contributed by atoms with van der Waals surface area (Å²) in [6, 6.07) is 8.51. The van der Waals surface area contributed by atoms with Crippen LogP contribution in [0.4, 0.5) is 23.2 Å². The molecule has 4 nitrogen and oxygen atoms in total. The molecule has 0 N–H and O–H groups in total. The molecule has 0 saturated heterocycles. The summed E-state index contributed by atoms with van der Waals surface area (Å²) in [5.41, 5.74) is -0.187. The number of ether oxygens (including phenoxy) is 1. The molecule has 3 rings (SSSR count). The summed E-state index contributed by atoms with van der Waals surface area (Å²) in [5.74, 6) is -2.74. The van der Waals surface area contributed by atoms with Gasteiger partial charge in [0.05, 0.1) is 16.8 Å². The van der Waals surface area contributed by atoms with E-state index < -0.39 is 36.2 Å². The van der Waals surface area contributed by atoms with E-state index >= 15 is 0 Å². The number of halogens is 4. The number of rotatable bonds is 3. The van der Waals surface area contributed by atoms with Crippen molar-refractivity contribution >= 4 is 17.5 Å². The highest BCUT2D eigenvalue weighted by atomic mass is 19.4. The molecule has 0 spiro atoms. The SMILES string of the molecule is O=C1c2ccccc2C(=O)N1c1cc(F)ccc1OCC(F)(F)F. The fraction of sp³-hybridized carbons (Fsp3) is 0.125. The van der Waals surface area contributed by atoms with E-state index in [0.29, 0.717) is 4.90 Å². The Labute approximate surface area is 133 Å². The van der Waals surface area contributed by atoms with Crippen LogP contribution < -0.4 is 9.64 Å². The molecule has 0 atom stereocenters. The first-order valence-electron chi connectivity index (χ1n) is 6.75. The van der Waals surface area contributed by atoms with Gasteiger partial charge in [-0.15, -0.1) is 0 Å². The summed E-state index contributed by atoms with van der Waals surface area (Å²) in [6.07, 6.45) is -4.62. The fourth-order valence-electron chi connectivity index (χ4n) is 2.35. The average molecular weight is 339 g/mol. The summed E-state index contributed by atoms with van der Waals surface area (Å²) < 4.78 is 55.2. The minimum atomic E-state index is -4.62. The van der Waals surface area contributed by atoms with Gasteiger partial charge in [0.25, 0.3) is 11.8 Å². The van der Waals surface area contributed by atoms with Crippen molar-refractivity contribution in [2.75, 3.05) is 11.5 Å². The molecule has 0 aliphatic carbocycles. The van der Waals surface area contributed by atoms with Crippen LogP contribution in [0.3, 0.4) is 0 Å². The third-order valence-corrected chi connectivity index (χ3v) is 3.35. The Kier molecular flexibility index (Phi) is 3.75. The molecular weight excluding hydrogens is 330 g/mol. The van der Waals surface area contributed by atoms with Crippen LogP contribution in [0.2, 0.25) is 0 Å². The molecule has 0 saturated carbocycles. The van der Waals surface area contributed by atoms with Crippen LogP contribution in [0.1, 0.15) is 20.7 Å². The monoisotopic (exact) mass is 339 g/mol. The molecule has 0 bridgehead atoms. The largest absolute Gasteiger partial charge is 0.482 e. The standard InChI is InChI=1S/C16H9F4NO3/c17-9-5-6-13(24-8-16(18,19)20)12(7-9)21-14(22)10-3-1-2-4-11(10)15(21)23/h1-7H,8H2. The quantitative estimate of drug-likeness (QED) is 0.634. The average Bonchev–Trinajstić information content (AvgIpc) is 2.77. The Balaban J connectivity index is 2.02. The van der Waals surface area contributed by atoms with Gasteiger partial charge in [0.15, 0.2) is 6.61 Å². The van der Waals surface area contributed by atoms with Crippen molar-refractivity contribution in [2.45, 2.75) is 6.18 Å². The number of carbonyl (C=O) groups excluding carboxylic acids is 2. The molecular formula is C16H9F4NO3. The number of benzene rings is 2. The Bertz CT molecular complexity index is 797. The number of fused-ring (bicyclic) bond motifs is 1. The molecule has 8 heteroatoms. The number of anilines is 1. The van der Waals surface area contributed by atoms with E-state index in [1.807, 2.05) is 0 Å². The fourth-order valence-corrected chi connectivity index (χ4v) is 2.35. The van der Waals surface area contributed by atoms with Crippen molar-refractivity contribution in [2.24, 2.45) is 0 Å². The van der Waals surface area contributed by atoms with Crippen molar-refractivity contribution < 1.29 is 31.9 Å². The summed E-state index contributed by atoms with van der Waals surface area (Å²) in [7, 11) is 0. The number of hydrogen-bond donors (Lipinski definition) is 0. The van der Waals surface area contributed by atoms with Gasteiger partial charge < -0.3 is 4.74 Å². The van der Waals surface area contributed by atoms with Crippen LogP contribution in [-0.2, 0) is 0 Å². The third-order valence-electron chi connectivity index (χ3n) is 3.35. The lowest BCUT2D eigenvalue weighted by Crippen LogP contribution is -2.30. The smallest absolute Gasteiger partial charge is 0.422 e. The molecule has 124 valence electrons. The van der Waals surface area contributed by atoms with E-state index in [1.54, 1.807) is 12.1 Å². The van der Waals surface area contributed by atoms with Gasteiger partial charge in [-0.05, 0) is 24.3 Å². The molecule has 1 aliphatic rings. The Hall–Kier alpha value is -2.90. The zero-order chi connectivity index (χ0) is 17.5. The van der Waals surface area contributed by atoms with E-state index in [4.69, 9.17) is 0 Å². The highest BCUT2D eigenvalue weighted by Crippen LogP contribution is 2.36. The van der Waals surface area contributed by atoms with Gasteiger partial charge in [0.1, 0.15) is 11.6 Å². The second-order valence-electron chi connectivity index (χ2n) is 5.01. The molecule has 0 fully saturated rings. The molecule has 24 heavy (non-hydrogen) atoms. The zero-order valence-electron chi connectivity index (χ0n) is 11.9. The van der Waals surface area contributed by atoms with Gasteiger partial charge in [-0.3, -0.25) is 9.59 Å². The lowest BCUT2D eigenvalue weighted by molar-refractivity contribution is -0.153. The van der Waals surface area contributed by atoms with Crippen LogP contribution in [-0.4, -0.2) is 24.6 Å². The molecule has 1 heterocycles. The van der Waals surface area contributed by atoms with Crippen LogP contribution in [0, 0.1) is 5.82 Å². The Morgan fingerprint density at radius 1 is 0.958 bits per heavy atom. The topological polar surface area (TPSA) is 46.6 Å². The van der Waals surface area contributed by atoms with Crippen molar-refractivity contribution in [3.63, 3.8) is 0 Å². The first-order chi connectivity index (χ1) is 11.3. The summed E-state index contributed by atoms with van der Waals surface area (Å²) in [5, 5.41) is 0. The van der Waals surface area contributed by atoms with Gasteiger partial charge in [0.2, 0.25) is 0 Å². The Morgan fingerprint density at radius 3 is 2.08 bits per heavy atom. The molecule has 1 aliphatic heterocycles. The van der Waals surface area contributed by atoms with E-state index in [2.05, 4.69) is 4.74 Å². The van der Waals surface area contributed by atoms with Crippen molar-refractivity contribution in [3.8, 4) is 5.75 Å². The van der Waals surface area contributed by atoms with Crippen molar-refractivity contribution in [1.29, 1.82) is 0 Å². The maximum Gasteiger partial charge on any atom is 0.422 e. The second-order valence-corrected chi connectivity index (χ2v) is 5.01. The van der Waals surface area contributed by atoms with Crippen molar-refractivity contribution in [1.82, 2.24) is 0 Å². The number of imide groups is 1. The van der Waals surface area contributed by atoms with Crippen LogP contribution in [0.15, 0.2) is 42.5 Å². The molecule has 2 aromatic carbocycles. The van der Waals surface area contributed by atoms with Gasteiger partial charge in [0, 0.05) is 6.07 Å². The summed E-state index contributed by atoms with van der Waals surface area (Å²) in [6.45, 7) is -1.63. The van der Waals surface area contributed by atoms with Gasteiger partial charge >= 0.3 is 6.18 Å². The molecule has 2 aromatic rings. The number of nitrogens with zero attached hydrogens (tertiary/aromatic N) is 1. The van der Waals surface area contributed by atoms with Gasteiger partial charge in [-0.2, -0.15) is 13.2 Å². The van der Waals surface area contributed by atoms with E-state index in [0.717, 1.165) is 18.2 Å². The summed E-state index contributed by atoms with van der Waals surface area (Å²) >= 11 is 0. The molecule has 2 amide bonds. The van der Waals surface area contributed by atoms with Crippen LogP contribution in [0.25, 0.3) is 0 Å². The first-order valence-corrected chi connectivity index (χ1v) is 6.75. The molecule has 0 radical (unpaired) electrons. The third kappa shape index (κ3) is 2.82. The lowest BCUT2D eigenvalue weighted by Gasteiger charge is -2.19. The van der Waals surface area contributed by atoms with Crippen LogP contribution in [0.5, 0.6) is 5.75 Å². The minimum Gasteiger partial charge on any atom is -0.482 e. The summed E-state index contributed by atoms with van der Waals surface area (Å²) in [4.78, 5) is 25.4. The van der Waals surface area contributed by atoms with Crippen LogP contribution >= 0.6 is 0 Å². The molecule has 0 aromatic heterocycles. The number of alkyl halides is 3. The number of carbonyl (C=O) groups is 2. The molecule has 0 unspecified atom stereocenters. The number of hydrogen-bond acceptors (Lipinski definition) is 3. The first kappa shape index (κ1) is 16.0. The zero-order valence-corrected chi connectivity index (χ0v) is 11.9. The van der Waals surface area contributed by atoms with Crippen molar-refractivity contribution in [3.05, 3.63) is 59.4 Å². The van der Waals surface area contributed by atoms with E-state index in [-0.39, 0.29) is 16.8 Å². The number of amides is 2. The van der Waals surface area contributed by atoms with E-state index in [1.165, 1.54) is 12.1 Å². The minimum absolute atomic E-state index is 0.0912. The maximum atomic E-state index is 13.5.